The number of carboxylic acids is 1. The molecule has 1 aromatic heterocycles. The van der Waals surface area contributed by atoms with Gasteiger partial charge >= 0.3 is 5.97 Å². The Morgan fingerprint density at radius 3 is 2.45 bits per heavy atom. The minimum atomic E-state index is -0.922. The van der Waals surface area contributed by atoms with Crippen LogP contribution in [0.25, 0.3) is 0 Å². The van der Waals surface area contributed by atoms with Crippen LogP contribution in [-0.4, -0.2) is 53.2 Å². The molecule has 1 N–H and O–H groups in total. The molecule has 0 unspecified atom stereocenters. The largest absolute Gasteiger partial charge is 0.481 e. The molecular weight excluding hydrogens is 274 g/mol. The maximum Gasteiger partial charge on any atom is 0.315 e. The predicted molar refractivity (Wildman–Crippen MR) is 81.7 cm³/mol. The fourth-order valence-corrected chi connectivity index (χ4v) is 3.28. The van der Waals surface area contributed by atoms with E-state index in [1.807, 2.05) is 5.38 Å². The van der Waals surface area contributed by atoms with Crippen molar-refractivity contribution in [2.75, 3.05) is 31.1 Å². The average molecular weight is 297 g/mol. The molecule has 2 heterocycles. The fraction of sp³-hybridized carbons (Fsp3) is 0.714. The molecular formula is C14H23N3O2S. The van der Waals surface area contributed by atoms with Gasteiger partial charge in [-0.3, -0.25) is 9.69 Å². The maximum atomic E-state index is 11.3. The van der Waals surface area contributed by atoms with Crippen molar-refractivity contribution in [3.8, 4) is 0 Å². The SMILES string of the molecule is CC(C)N1CCN(c2nc(C(C)(C)C(=O)O)cs2)CC1. The first-order chi connectivity index (χ1) is 9.32. The highest BCUT2D eigenvalue weighted by atomic mass is 32.1. The second-order valence-electron chi connectivity index (χ2n) is 6.06. The molecule has 1 aromatic rings. The molecule has 0 saturated carbocycles. The zero-order chi connectivity index (χ0) is 14.9. The highest BCUT2D eigenvalue weighted by Gasteiger charge is 2.33. The molecule has 2 rings (SSSR count). The summed E-state index contributed by atoms with van der Waals surface area (Å²) in [5, 5.41) is 12.1. The Labute approximate surface area is 124 Å². The number of rotatable bonds is 4. The van der Waals surface area contributed by atoms with Crippen LogP contribution in [0.2, 0.25) is 0 Å². The van der Waals surface area contributed by atoms with Crippen LogP contribution in [0, 0.1) is 0 Å². The standard InChI is InChI=1S/C14H23N3O2S/c1-10(2)16-5-7-17(8-6-16)13-15-11(9-20-13)14(3,4)12(18)19/h9-10H,5-8H2,1-4H3,(H,18,19). The van der Waals surface area contributed by atoms with Crippen LogP contribution < -0.4 is 4.90 Å². The molecule has 0 amide bonds. The van der Waals surface area contributed by atoms with E-state index in [0.29, 0.717) is 11.7 Å². The van der Waals surface area contributed by atoms with Crippen LogP contribution >= 0.6 is 11.3 Å². The summed E-state index contributed by atoms with van der Waals surface area (Å²) in [7, 11) is 0. The molecule has 1 aliphatic heterocycles. The first-order valence-electron chi connectivity index (χ1n) is 7.00. The summed E-state index contributed by atoms with van der Waals surface area (Å²) in [6, 6.07) is 0.579. The van der Waals surface area contributed by atoms with Crippen LogP contribution in [0.3, 0.4) is 0 Å². The number of nitrogens with zero attached hydrogens (tertiary/aromatic N) is 3. The van der Waals surface area contributed by atoms with E-state index >= 15 is 0 Å². The quantitative estimate of drug-likeness (QED) is 0.921. The molecule has 0 atom stereocenters. The van der Waals surface area contributed by atoms with Crippen molar-refractivity contribution >= 4 is 22.4 Å². The molecule has 0 spiro atoms. The number of carboxylic acid groups (broad SMARTS) is 1. The maximum absolute atomic E-state index is 11.3. The second kappa shape index (κ2) is 5.69. The normalized spacial score (nSPS) is 17.8. The Kier molecular flexibility index (Phi) is 4.34. The van der Waals surface area contributed by atoms with Crippen LogP contribution in [-0.2, 0) is 10.2 Å². The van der Waals surface area contributed by atoms with Crippen LogP contribution in [0.4, 0.5) is 5.13 Å². The monoisotopic (exact) mass is 297 g/mol. The Hall–Kier alpha value is -1.14. The van der Waals surface area contributed by atoms with Gasteiger partial charge in [0.25, 0.3) is 0 Å². The minimum absolute atomic E-state index is 0.579. The van der Waals surface area contributed by atoms with Gasteiger partial charge in [-0.2, -0.15) is 0 Å². The number of carbonyl (C=O) groups is 1. The molecule has 0 radical (unpaired) electrons. The Morgan fingerprint density at radius 2 is 1.95 bits per heavy atom. The summed E-state index contributed by atoms with van der Waals surface area (Å²) in [5.41, 5.74) is -0.273. The lowest BCUT2D eigenvalue weighted by Gasteiger charge is -2.36. The van der Waals surface area contributed by atoms with Crippen LogP contribution in [0.5, 0.6) is 0 Å². The second-order valence-corrected chi connectivity index (χ2v) is 6.90. The number of aliphatic carboxylic acids is 1. The van der Waals surface area contributed by atoms with Gasteiger partial charge in [-0.25, -0.2) is 4.98 Å². The van der Waals surface area contributed by atoms with E-state index < -0.39 is 11.4 Å². The van der Waals surface area contributed by atoms with Crippen molar-refractivity contribution < 1.29 is 9.90 Å². The Morgan fingerprint density at radius 1 is 1.35 bits per heavy atom. The van der Waals surface area contributed by atoms with E-state index in [1.165, 1.54) is 0 Å². The number of piperazine rings is 1. The minimum Gasteiger partial charge on any atom is -0.481 e. The van der Waals surface area contributed by atoms with Gasteiger partial charge in [0.05, 0.1) is 5.69 Å². The van der Waals surface area contributed by atoms with E-state index in [-0.39, 0.29) is 0 Å². The zero-order valence-electron chi connectivity index (χ0n) is 12.6. The lowest BCUT2D eigenvalue weighted by Crippen LogP contribution is -2.48. The van der Waals surface area contributed by atoms with Gasteiger partial charge in [-0.15, -0.1) is 11.3 Å². The number of aromatic nitrogens is 1. The average Bonchev–Trinajstić information content (AvgIpc) is 2.88. The summed E-state index contributed by atoms with van der Waals surface area (Å²) >= 11 is 1.54. The Balaban J connectivity index is 2.06. The Bertz CT molecular complexity index is 477. The third kappa shape index (κ3) is 2.96. The highest BCUT2D eigenvalue weighted by Crippen LogP contribution is 2.29. The number of anilines is 1. The summed E-state index contributed by atoms with van der Waals surface area (Å²) in [6.07, 6.45) is 0. The lowest BCUT2D eigenvalue weighted by molar-refractivity contribution is -0.142. The van der Waals surface area contributed by atoms with Crippen molar-refractivity contribution in [1.82, 2.24) is 9.88 Å². The van der Waals surface area contributed by atoms with E-state index in [2.05, 4.69) is 28.6 Å². The van der Waals surface area contributed by atoms with Gasteiger partial charge in [0.15, 0.2) is 5.13 Å². The number of hydrogen-bond donors (Lipinski definition) is 1. The van der Waals surface area contributed by atoms with Crippen LogP contribution in [0.1, 0.15) is 33.4 Å². The third-order valence-corrected chi connectivity index (χ3v) is 4.88. The molecule has 1 saturated heterocycles. The van der Waals surface area contributed by atoms with Gasteiger partial charge in [-0.1, -0.05) is 0 Å². The van der Waals surface area contributed by atoms with Crippen molar-refractivity contribution in [2.24, 2.45) is 0 Å². The molecule has 0 aliphatic carbocycles. The van der Waals surface area contributed by atoms with Crippen LogP contribution in [0.15, 0.2) is 5.38 Å². The van der Waals surface area contributed by atoms with E-state index in [1.54, 1.807) is 25.2 Å². The molecule has 5 nitrogen and oxygen atoms in total. The van der Waals surface area contributed by atoms with Crippen molar-refractivity contribution in [3.63, 3.8) is 0 Å². The molecule has 20 heavy (non-hydrogen) atoms. The first kappa shape index (κ1) is 15.3. The lowest BCUT2D eigenvalue weighted by atomic mass is 9.90. The molecule has 0 bridgehead atoms. The molecule has 1 aliphatic rings. The zero-order valence-corrected chi connectivity index (χ0v) is 13.4. The summed E-state index contributed by atoms with van der Waals surface area (Å²) in [4.78, 5) is 20.5. The molecule has 0 aromatic carbocycles. The van der Waals surface area contributed by atoms with Gasteiger partial charge < -0.3 is 10.0 Å². The third-order valence-electron chi connectivity index (χ3n) is 3.98. The smallest absolute Gasteiger partial charge is 0.315 e. The van der Waals surface area contributed by atoms with Gasteiger partial charge in [0.2, 0.25) is 0 Å². The van der Waals surface area contributed by atoms with Gasteiger partial charge in [-0.05, 0) is 27.7 Å². The molecule has 6 heteroatoms. The first-order valence-corrected chi connectivity index (χ1v) is 7.88. The van der Waals surface area contributed by atoms with Crippen molar-refractivity contribution in [1.29, 1.82) is 0 Å². The fourth-order valence-electron chi connectivity index (χ4n) is 2.24. The van der Waals surface area contributed by atoms with Crippen molar-refractivity contribution in [2.45, 2.75) is 39.2 Å². The number of hydrogen-bond acceptors (Lipinski definition) is 5. The highest BCUT2D eigenvalue weighted by molar-refractivity contribution is 7.13. The topological polar surface area (TPSA) is 56.7 Å². The summed E-state index contributed by atoms with van der Waals surface area (Å²) < 4.78 is 0. The molecule has 112 valence electrons. The van der Waals surface area contributed by atoms with Gasteiger partial charge in [0, 0.05) is 37.6 Å². The summed E-state index contributed by atoms with van der Waals surface area (Å²) in [5.74, 6) is -0.834. The molecule has 1 fully saturated rings. The van der Waals surface area contributed by atoms with Gasteiger partial charge in [0.1, 0.15) is 5.41 Å². The van der Waals surface area contributed by atoms with Crippen molar-refractivity contribution in [3.05, 3.63) is 11.1 Å². The number of thiazole rings is 1. The predicted octanol–water partition coefficient (Wildman–Crippen LogP) is 2.04. The van der Waals surface area contributed by atoms with E-state index in [0.717, 1.165) is 31.3 Å². The van der Waals surface area contributed by atoms with E-state index in [9.17, 15) is 9.90 Å². The van der Waals surface area contributed by atoms with E-state index in [4.69, 9.17) is 0 Å². The summed E-state index contributed by atoms with van der Waals surface area (Å²) in [6.45, 7) is 11.8.